The van der Waals surface area contributed by atoms with Crippen molar-refractivity contribution in [1.82, 2.24) is 10.3 Å². The Morgan fingerprint density at radius 2 is 1.82 bits per heavy atom. The van der Waals surface area contributed by atoms with Crippen molar-refractivity contribution in [1.29, 1.82) is 0 Å². The highest BCUT2D eigenvalue weighted by Crippen LogP contribution is 2.31. The van der Waals surface area contributed by atoms with Gasteiger partial charge in [-0.05, 0) is 47.2 Å². The number of carbonyl (C=O) groups is 1. The van der Waals surface area contributed by atoms with Crippen molar-refractivity contribution in [2.24, 2.45) is 0 Å². The summed E-state index contributed by atoms with van der Waals surface area (Å²) in [5, 5.41) is 8.40. The van der Waals surface area contributed by atoms with Gasteiger partial charge in [0.2, 0.25) is 5.91 Å². The number of nitrogens with one attached hydrogen (secondary N) is 2. The molecule has 2 aromatic heterocycles. The minimum atomic E-state index is -4.35. The van der Waals surface area contributed by atoms with Crippen LogP contribution in [0.4, 0.5) is 5.69 Å². The van der Waals surface area contributed by atoms with Gasteiger partial charge in [0.15, 0.2) is 0 Å². The summed E-state index contributed by atoms with van der Waals surface area (Å²) in [5.74, 6) is -0.187. The van der Waals surface area contributed by atoms with E-state index in [0.717, 1.165) is 26.7 Å². The number of rotatable bonds is 9. The van der Waals surface area contributed by atoms with E-state index in [-0.39, 0.29) is 18.0 Å². The van der Waals surface area contributed by atoms with Crippen LogP contribution >= 0.6 is 34.3 Å². The van der Waals surface area contributed by atoms with E-state index in [9.17, 15) is 13.2 Å². The third kappa shape index (κ3) is 6.64. The van der Waals surface area contributed by atoms with Gasteiger partial charge in [0.1, 0.15) is 5.01 Å². The number of aromatic nitrogens is 1. The summed E-state index contributed by atoms with van der Waals surface area (Å²) in [7, 11) is -4.35. The molecular formula is C23H20ClN3O4S3. The van der Waals surface area contributed by atoms with Crippen LogP contribution in [0, 0.1) is 0 Å². The molecular weight excluding hydrogens is 514 g/mol. The van der Waals surface area contributed by atoms with Crippen molar-refractivity contribution in [3.05, 3.63) is 93.3 Å². The summed E-state index contributed by atoms with van der Waals surface area (Å²) in [6.45, 7) is 0. The van der Waals surface area contributed by atoms with Gasteiger partial charge in [-0.1, -0.05) is 48.0 Å². The van der Waals surface area contributed by atoms with Crippen LogP contribution in [-0.2, 0) is 27.9 Å². The molecule has 0 saturated heterocycles. The molecule has 1 unspecified atom stereocenters. The SMILES string of the molecule is O=C(Cc1ccccc1Cl)NC(Cc1ccc(NS(=O)(=O)O)cc1)c1csc(-c2cccs2)n1. The predicted molar refractivity (Wildman–Crippen MR) is 137 cm³/mol. The average molecular weight is 534 g/mol. The Morgan fingerprint density at radius 1 is 1.06 bits per heavy atom. The van der Waals surface area contributed by atoms with Gasteiger partial charge < -0.3 is 5.32 Å². The van der Waals surface area contributed by atoms with Crippen molar-refractivity contribution in [3.63, 3.8) is 0 Å². The van der Waals surface area contributed by atoms with E-state index in [4.69, 9.17) is 21.1 Å². The van der Waals surface area contributed by atoms with Crippen LogP contribution in [0.2, 0.25) is 5.02 Å². The standard InChI is InChI=1S/C23H20ClN3O4S3/c24-18-5-2-1-4-16(18)13-22(28)25-19(20-14-33-23(26-20)21-6-3-11-32-21)12-15-7-9-17(10-8-15)27-34(29,30)31/h1-11,14,19,27H,12-13H2,(H,25,28)(H,29,30,31). The highest BCUT2D eigenvalue weighted by Gasteiger charge is 2.20. The zero-order valence-electron chi connectivity index (χ0n) is 17.6. The Bertz CT molecular complexity index is 1370. The van der Waals surface area contributed by atoms with E-state index in [1.807, 2.05) is 45.8 Å². The number of amides is 1. The summed E-state index contributed by atoms with van der Waals surface area (Å²) < 4.78 is 33.0. The van der Waals surface area contributed by atoms with Crippen LogP contribution in [0.15, 0.2) is 71.4 Å². The van der Waals surface area contributed by atoms with Crippen molar-refractivity contribution in [2.75, 3.05) is 4.72 Å². The van der Waals surface area contributed by atoms with Crippen LogP contribution in [0.3, 0.4) is 0 Å². The first-order valence-electron chi connectivity index (χ1n) is 10.1. The van der Waals surface area contributed by atoms with E-state index in [1.165, 1.54) is 11.3 Å². The van der Waals surface area contributed by atoms with E-state index in [0.29, 0.717) is 11.4 Å². The summed E-state index contributed by atoms with van der Waals surface area (Å²) in [5.41, 5.74) is 2.56. The van der Waals surface area contributed by atoms with Gasteiger partial charge in [0, 0.05) is 10.4 Å². The third-order valence-corrected chi connectivity index (χ3v) is 7.66. The number of hydrogen-bond donors (Lipinski definition) is 3. The molecule has 0 radical (unpaired) electrons. The number of thiophene rings is 1. The smallest absolute Gasteiger partial charge is 0.347 e. The first kappa shape index (κ1) is 24.4. The number of carbonyl (C=O) groups excluding carboxylic acids is 1. The molecule has 0 aliphatic carbocycles. The van der Waals surface area contributed by atoms with Gasteiger partial charge >= 0.3 is 10.3 Å². The second kappa shape index (κ2) is 10.7. The maximum absolute atomic E-state index is 12.9. The van der Waals surface area contributed by atoms with Crippen LogP contribution in [0.1, 0.15) is 22.9 Å². The lowest BCUT2D eigenvalue weighted by Gasteiger charge is -2.18. The van der Waals surface area contributed by atoms with E-state index < -0.39 is 16.3 Å². The summed E-state index contributed by atoms with van der Waals surface area (Å²) in [6.07, 6.45) is 0.573. The highest BCUT2D eigenvalue weighted by molar-refractivity contribution is 7.87. The molecule has 1 amide bonds. The summed E-state index contributed by atoms with van der Waals surface area (Å²) in [4.78, 5) is 18.7. The van der Waals surface area contributed by atoms with Gasteiger partial charge in [-0.3, -0.25) is 14.1 Å². The second-order valence-electron chi connectivity index (χ2n) is 7.42. The monoisotopic (exact) mass is 533 g/mol. The molecule has 2 aromatic carbocycles. The first-order valence-corrected chi connectivity index (χ1v) is 13.7. The van der Waals surface area contributed by atoms with Crippen molar-refractivity contribution < 1.29 is 17.8 Å². The molecule has 0 fully saturated rings. The summed E-state index contributed by atoms with van der Waals surface area (Å²) in [6, 6.07) is 17.3. The lowest BCUT2D eigenvalue weighted by atomic mass is 10.0. The Hall–Kier alpha value is -2.76. The quantitative estimate of drug-likeness (QED) is 0.250. The molecule has 0 spiro atoms. The normalized spacial score (nSPS) is 12.3. The third-order valence-electron chi connectivity index (χ3n) is 4.90. The molecule has 0 bridgehead atoms. The fourth-order valence-electron chi connectivity index (χ4n) is 3.34. The molecule has 0 saturated carbocycles. The predicted octanol–water partition coefficient (Wildman–Crippen LogP) is 5.38. The molecule has 4 aromatic rings. The molecule has 11 heteroatoms. The minimum absolute atomic E-state index is 0.134. The zero-order valence-corrected chi connectivity index (χ0v) is 20.8. The van der Waals surface area contributed by atoms with Crippen LogP contribution < -0.4 is 10.0 Å². The van der Waals surface area contributed by atoms with Gasteiger partial charge in [-0.15, -0.1) is 22.7 Å². The Morgan fingerprint density at radius 3 is 2.50 bits per heavy atom. The lowest BCUT2D eigenvalue weighted by Crippen LogP contribution is -2.31. The molecule has 4 rings (SSSR count). The Balaban J connectivity index is 1.55. The molecule has 0 aliphatic rings. The number of thiazole rings is 1. The van der Waals surface area contributed by atoms with Crippen LogP contribution in [0.5, 0.6) is 0 Å². The maximum Gasteiger partial charge on any atom is 0.357 e. The second-order valence-corrected chi connectivity index (χ2v) is 10.8. The van der Waals surface area contributed by atoms with E-state index >= 15 is 0 Å². The van der Waals surface area contributed by atoms with Gasteiger partial charge in [-0.25, -0.2) is 4.98 Å². The van der Waals surface area contributed by atoms with E-state index in [1.54, 1.807) is 41.7 Å². The summed E-state index contributed by atoms with van der Waals surface area (Å²) >= 11 is 9.33. The fourth-order valence-corrected chi connectivity index (χ4v) is 5.67. The molecule has 34 heavy (non-hydrogen) atoms. The van der Waals surface area contributed by atoms with Crippen LogP contribution in [0.25, 0.3) is 9.88 Å². The maximum atomic E-state index is 12.9. The topological polar surface area (TPSA) is 108 Å². The van der Waals surface area contributed by atoms with Gasteiger partial charge in [-0.2, -0.15) is 8.42 Å². The first-order chi connectivity index (χ1) is 16.3. The van der Waals surface area contributed by atoms with Crippen LogP contribution in [-0.4, -0.2) is 23.9 Å². The van der Waals surface area contributed by atoms with Crippen molar-refractivity contribution in [3.8, 4) is 9.88 Å². The fraction of sp³-hybridized carbons (Fsp3) is 0.130. The largest absolute Gasteiger partial charge is 0.357 e. The number of halogens is 1. The molecule has 7 nitrogen and oxygen atoms in total. The minimum Gasteiger partial charge on any atom is -0.347 e. The van der Waals surface area contributed by atoms with Crippen molar-refractivity contribution >= 4 is 56.2 Å². The number of hydrogen-bond acceptors (Lipinski definition) is 6. The van der Waals surface area contributed by atoms with Crippen molar-refractivity contribution in [2.45, 2.75) is 18.9 Å². The zero-order chi connectivity index (χ0) is 24.1. The molecule has 1 atom stereocenters. The molecule has 3 N–H and O–H groups in total. The molecule has 0 aliphatic heterocycles. The number of benzene rings is 2. The lowest BCUT2D eigenvalue weighted by molar-refractivity contribution is -0.121. The Labute approximate surface area is 210 Å². The average Bonchev–Trinajstić information content (AvgIpc) is 3.47. The number of anilines is 1. The Kier molecular flexibility index (Phi) is 7.64. The molecule has 176 valence electrons. The highest BCUT2D eigenvalue weighted by atomic mass is 35.5. The molecule has 2 heterocycles. The van der Waals surface area contributed by atoms with Gasteiger partial charge in [0.05, 0.1) is 28.7 Å². The van der Waals surface area contributed by atoms with Gasteiger partial charge in [0.25, 0.3) is 0 Å². The number of nitrogens with zero attached hydrogens (tertiary/aromatic N) is 1. The van der Waals surface area contributed by atoms with E-state index in [2.05, 4.69) is 5.32 Å².